The van der Waals surface area contributed by atoms with Gasteiger partial charge in [-0.15, -0.1) is 5.10 Å². The molecule has 2 amide bonds. The Hall–Kier alpha value is -3.16. The molecule has 30 heavy (non-hydrogen) atoms. The molecule has 1 atom stereocenters. The molecule has 1 unspecified atom stereocenters. The summed E-state index contributed by atoms with van der Waals surface area (Å²) in [4.78, 5) is 29.8. The largest absolute Gasteiger partial charge is 0.324 e. The Morgan fingerprint density at radius 1 is 1.00 bits per heavy atom. The fourth-order valence-corrected chi connectivity index (χ4v) is 4.15. The number of rotatable bonds is 3. The summed E-state index contributed by atoms with van der Waals surface area (Å²) in [5, 5.41) is 8.73. The Kier molecular flexibility index (Phi) is 4.56. The first-order valence-corrected chi connectivity index (χ1v) is 10.1. The van der Waals surface area contributed by atoms with Crippen molar-refractivity contribution in [2.75, 3.05) is 10.2 Å². The van der Waals surface area contributed by atoms with Crippen LogP contribution >= 0.6 is 23.2 Å². The van der Waals surface area contributed by atoms with Crippen LogP contribution in [0.1, 0.15) is 30.0 Å². The van der Waals surface area contributed by atoms with Gasteiger partial charge < -0.3 is 5.32 Å². The fraction of sp³-hybridized carbons (Fsp3) is 0.143. The number of carbonyl (C=O) groups is 2. The first-order valence-electron chi connectivity index (χ1n) is 9.33. The maximum absolute atomic E-state index is 12.2. The van der Waals surface area contributed by atoms with Gasteiger partial charge in [0, 0.05) is 28.6 Å². The predicted molar refractivity (Wildman–Crippen MR) is 114 cm³/mol. The van der Waals surface area contributed by atoms with Crippen molar-refractivity contribution in [1.82, 2.24) is 14.8 Å². The Morgan fingerprint density at radius 2 is 1.73 bits per heavy atom. The number of amides is 2. The van der Waals surface area contributed by atoms with Crippen LogP contribution in [-0.2, 0) is 9.59 Å². The lowest BCUT2D eigenvalue weighted by Crippen LogP contribution is -2.29. The Labute approximate surface area is 181 Å². The number of fused-ring (bicyclic) bond motifs is 1. The number of imide groups is 1. The minimum atomic E-state index is -0.407. The van der Waals surface area contributed by atoms with Crippen molar-refractivity contribution in [3.05, 3.63) is 75.8 Å². The third-order valence-electron chi connectivity index (χ3n) is 5.07. The van der Waals surface area contributed by atoms with E-state index in [9.17, 15) is 9.59 Å². The minimum Gasteiger partial charge on any atom is -0.324 e. The van der Waals surface area contributed by atoms with Gasteiger partial charge in [0.1, 0.15) is 6.04 Å². The van der Waals surface area contributed by atoms with Crippen molar-refractivity contribution in [1.29, 1.82) is 0 Å². The van der Waals surface area contributed by atoms with Crippen LogP contribution in [0, 0.1) is 0 Å². The smallest absolute Gasteiger partial charge is 0.260 e. The summed E-state index contributed by atoms with van der Waals surface area (Å²) in [6, 6.07) is 14.6. The molecule has 0 bridgehead atoms. The molecule has 9 heteroatoms. The lowest BCUT2D eigenvalue weighted by Gasteiger charge is -2.25. The lowest BCUT2D eigenvalue weighted by molar-refractivity contribution is -0.121. The topological polar surface area (TPSA) is 80.1 Å². The highest BCUT2D eigenvalue weighted by molar-refractivity contribution is 6.35. The highest BCUT2D eigenvalue weighted by Gasteiger charge is 2.36. The van der Waals surface area contributed by atoms with E-state index >= 15 is 0 Å². The average molecular weight is 440 g/mol. The van der Waals surface area contributed by atoms with Gasteiger partial charge in [-0.25, -0.2) is 9.58 Å². The van der Waals surface area contributed by atoms with Crippen LogP contribution in [0.5, 0.6) is 0 Å². The number of anilines is 2. The van der Waals surface area contributed by atoms with Gasteiger partial charge in [0.25, 0.3) is 5.95 Å². The van der Waals surface area contributed by atoms with Gasteiger partial charge in [-0.1, -0.05) is 59.6 Å². The first-order chi connectivity index (χ1) is 14.5. The zero-order valence-electron chi connectivity index (χ0n) is 15.5. The zero-order chi connectivity index (χ0) is 20.8. The molecule has 1 N–H and O–H groups in total. The van der Waals surface area contributed by atoms with Crippen molar-refractivity contribution >= 4 is 52.6 Å². The molecule has 1 aromatic heterocycles. The van der Waals surface area contributed by atoms with Crippen molar-refractivity contribution in [2.45, 2.75) is 18.9 Å². The second-order valence-electron chi connectivity index (χ2n) is 6.98. The molecule has 3 heterocycles. The van der Waals surface area contributed by atoms with E-state index in [1.807, 2.05) is 42.5 Å². The van der Waals surface area contributed by atoms with Crippen molar-refractivity contribution < 1.29 is 9.59 Å². The number of carbonyl (C=O) groups excluding carboxylic acids is 2. The van der Waals surface area contributed by atoms with Gasteiger partial charge >= 0.3 is 0 Å². The monoisotopic (exact) mass is 439 g/mol. The quantitative estimate of drug-likeness (QED) is 0.615. The molecule has 5 rings (SSSR count). The molecule has 2 aliphatic heterocycles. The molecule has 2 aliphatic rings. The molecule has 0 saturated carbocycles. The van der Waals surface area contributed by atoms with Crippen molar-refractivity contribution in [3.63, 3.8) is 0 Å². The summed E-state index contributed by atoms with van der Waals surface area (Å²) in [5.41, 5.74) is 2.54. The van der Waals surface area contributed by atoms with Gasteiger partial charge in [-0.05, 0) is 29.3 Å². The van der Waals surface area contributed by atoms with Gasteiger partial charge in [0.15, 0.2) is 0 Å². The summed E-state index contributed by atoms with van der Waals surface area (Å²) in [6.45, 7) is 0. The number of halogens is 2. The highest BCUT2D eigenvalue weighted by atomic mass is 35.5. The summed E-state index contributed by atoms with van der Waals surface area (Å²) >= 11 is 12.6. The van der Waals surface area contributed by atoms with Crippen LogP contribution in [0.25, 0.3) is 5.70 Å². The van der Waals surface area contributed by atoms with Gasteiger partial charge in [0.05, 0.1) is 0 Å². The number of allylic oxidation sites excluding steroid dienone is 1. The maximum Gasteiger partial charge on any atom is 0.260 e. The molecular weight excluding hydrogens is 425 g/mol. The van der Waals surface area contributed by atoms with Crippen LogP contribution in [-0.4, -0.2) is 26.6 Å². The molecule has 2 aromatic carbocycles. The zero-order valence-corrected chi connectivity index (χ0v) is 17.1. The van der Waals surface area contributed by atoms with E-state index < -0.39 is 6.04 Å². The predicted octanol–water partition coefficient (Wildman–Crippen LogP) is 4.29. The van der Waals surface area contributed by atoms with E-state index in [1.165, 1.54) is 0 Å². The molecule has 7 nitrogen and oxygen atoms in total. The summed E-state index contributed by atoms with van der Waals surface area (Å²) < 4.78 is 1.62. The van der Waals surface area contributed by atoms with Gasteiger partial charge in [0.2, 0.25) is 17.8 Å². The molecule has 3 aromatic rings. The van der Waals surface area contributed by atoms with E-state index in [4.69, 9.17) is 23.2 Å². The van der Waals surface area contributed by atoms with Crippen LogP contribution in [0.4, 0.5) is 11.9 Å². The average Bonchev–Trinajstić information content (AvgIpc) is 3.30. The number of hydrogen-bond donors (Lipinski definition) is 1. The Morgan fingerprint density at radius 3 is 2.43 bits per heavy atom. The summed E-state index contributed by atoms with van der Waals surface area (Å²) in [6.07, 6.45) is 2.30. The molecular formula is C21H15Cl2N5O2. The second-order valence-corrected chi connectivity index (χ2v) is 7.83. The van der Waals surface area contributed by atoms with Crippen molar-refractivity contribution in [3.8, 4) is 0 Å². The maximum atomic E-state index is 12.2. The normalized spacial score (nSPS) is 18.3. The first kappa shape index (κ1) is 18.8. The molecule has 0 aliphatic carbocycles. The Bertz CT molecular complexity index is 1190. The van der Waals surface area contributed by atoms with Crippen LogP contribution < -0.4 is 10.2 Å². The summed E-state index contributed by atoms with van der Waals surface area (Å²) in [7, 11) is 0. The third-order valence-corrected chi connectivity index (χ3v) is 5.63. The SMILES string of the molecule is O=C1CCC(=O)N1c1nc2n(n1)C(c1ccc(Cl)cc1Cl)C=C(c1ccccc1)N2. The van der Waals surface area contributed by atoms with E-state index in [2.05, 4.69) is 15.4 Å². The highest BCUT2D eigenvalue weighted by Crippen LogP contribution is 2.37. The number of hydrogen-bond acceptors (Lipinski definition) is 5. The second kappa shape index (κ2) is 7.27. The van der Waals surface area contributed by atoms with E-state index in [0.717, 1.165) is 21.7 Å². The Balaban J connectivity index is 1.64. The molecule has 0 spiro atoms. The minimum absolute atomic E-state index is 0.0581. The molecule has 1 saturated heterocycles. The van der Waals surface area contributed by atoms with Crippen LogP contribution in [0.3, 0.4) is 0 Å². The lowest BCUT2D eigenvalue weighted by atomic mass is 10.0. The number of nitrogens with zero attached hydrogens (tertiary/aromatic N) is 4. The van der Waals surface area contributed by atoms with E-state index in [0.29, 0.717) is 16.0 Å². The fourth-order valence-electron chi connectivity index (χ4n) is 3.63. The van der Waals surface area contributed by atoms with Crippen molar-refractivity contribution in [2.24, 2.45) is 0 Å². The van der Waals surface area contributed by atoms with E-state index in [1.54, 1.807) is 16.8 Å². The molecule has 1 fully saturated rings. The number of aromatic nitrogens is 3. The summed E-state index contributed by atoms with van der Waals surface area (Å²) in [5.74, 6) is -0.141. The molecule has 150 valence electrons. The van der Waals surface area contributed by atoms with E-state index in [-0.39, 0.29) is 30.6 Å². The van der Waals surface area contributed by atoms with Gasteiger partial charge in [-0.2, -0.15) is 4.98 Å². The number of benzene rings is 2. The molecule has 0 radical (unpaired) electrons. The standard InChI is InChI=1S/C21H15Cl2N5O2/c22-13-6-7-14(15(23)10-13)17-11-16(12-4-2-1-3-5-12)24-20-25-21(26-28(17)20)27-18(29)8-9-19(27)30/h1-7,10-11,17H,8-9H2,(H,24,25,26). The third kappa shape index (κ3) is 3.16. The van der Waals surface area contributed by atoms with Gasteiger partial charge in [-0.3, -0.25) is 9.59 Å². The van der Waals surface area contributed by atoms with Crippen LogP contribution in [0.2, 0.25) is 10.0 Å². The van der Waals surface area contributed by atoms with Crippen LogP contribution in [0.15, 0.2) is 54.6 Å². The number of nitrogens with one attached hydrogen (secondary N) is 1.